The fourth-order valence-electron chi connectivity index (χ4n) is 5.22. The van der Waals surface area contributed by atoms with Gasteiger partial charge >= 0.3 is 18.5 Å². The molecule has 0 aliphatic carbocycles. The summed E-state index contributed by atoms with van der Waals surface area (Å²) >= 11 is 6.24. The average molecular weight is 1070 g/mol. The van der Waals surface area contributed by atoms with Crippen LogP contribution in [-0.4, -0.2) is 71.2 Å². The summed E-state index contributed by atoms with van der Waals surface area (Å²) in [6.07, 6.45) is 7.29. The summed E-state index contributed by atoms with van der Waals surface area (Å²) in [4.78, 5) is 82.9. The largest absolute Gasteiger partial charge is 0.399 e. The minimum absolute atomic E-state index is 0.0741. The number of ketones is 3. The van der Waals surface area contributed by atoms with Crippen LogP contribution in [0.5, 0.6) is 0 Å². The minimum Gasteiger partial charge on any atom is -0.399 e. The number of nitrogen functional groups attached to an aromatic ring is 1. The van der Waals surface area contributed by atoms with Gasteiger partial charge in [-0.2, -0.15) is 28.8 Å². The minimum atomic E-state index is -0.322. The summed E-state index contributed by atoms with van der Waals surface area (Å²) in [5.74, 6) is 1.68. The van der Waals surface area contributed by atoms with Crippen LogP contribution in [-0.2, 0) is 28.8 Å². The first-order valence-corrected chi connectivity index (χ1v) is 24.5. The van der Waals surface area contributed by atoms with Crippen molar-refractivity contribution < 1.29 is 48.3 Å². The number of anilines is 4. The van der Waals surface area contributed by atoms with Gasteiger partial charge < -0.3 is 26.8 Å². The van der Waals surface area contributed by atoms with E-state index in [1.54, 1.807) is 24.3 Å². The average Bonchev–Trinajstić information content (AvgIpc) is 3.34. The summed E-state index contributed by atoms with van der Waals surface area (Å²) < 4.78 is 0. The summed E-state index contributed by atoms with van der Waals surface area (Å²) in [6.45, 7) is 18.0. The SMILES string of the molecule is CCCNc1ccc(C(=O)CBr)cc1.CCCNc1ccc(C(=O)CCC(C)C)cc1.CCCNc1ccc(C(O)CCC(C)C)cc1.Nc1ccc(C(=O)CBr)cc1.O=C=O.O=C=O.O=C=O. The van der Waals surface area contributed by atoms with Gasteiger partial charge in [0.15, 0.2) is 17.3 Å². The lowest BCUT2D eigenvalue weighted by Gasteiger charge is -2.13. The van der Waals surface area contributed by atoms with E-state index in [2.05, 4.69) is 96.3 Å². The van der Waals surface area contributed by atoms with E-state index in [0.717, 1.165) is 91.9 Å². The van der Waals surface area contributed by atoms with E-state index in [1.165, 1.54) is 0 Å². The zero-order valence-corrected chi connectivity index (χ0v) is 43.6. The molecule has 4 aromatic rings. The monoisotopic (exact) mass is 1070 g/mol. The first kappa shape index (κ1) is 66.4. The Morgan fingerprint density at radius 3 is 1.09 bits per heavy atom. The fourth-order valence-corrected chi connectivity index (χ4v) is 5.87. The smallest absolute Gasteiger partial charge is 0.373 e. The van der Waals surface area contributed by atoms with Crippen LogP contribution in [0, 0.1) is 11.8 Å². The van der Waals surface area contributed by atoms with E-state index in [9.17, 15) is 19.5 Å². The number of halogens is 2. The first-order valence-electron chi connectivity index (χ1n) is 22.3. The zero-order chi connectivity index (χ0) is 52.1. The Morgan fingerprint density at radius 2 is 0.794 bits per heavy atom. The maximum absolute atomic E-state index is 11.9. The Bertz CT molecular complexity index is 1980. The Morgan fingerprint density at radius 1 is 0.500 bits per heavy atom. The number of alkyl halides is 2. The lowest BCUT2D eigenvalue weighted by molar-refractivity contribution is -0.193. The van der Waals surface area contributed by atoms with Crippen LogP contribution in [0.15, 0.2) is 97.1 Å². The predicted molar refractivity (Wildman–Crippen MR) is 275 cm³/mol. The number of aliphatic hydroxyl groups excluding tert-OH is 1. The molecule has 0 aromatic heterocycles. The van der Waals surface area contributed by atoms with Crippen molar-refractivity contribution in [1.29, 1.82) is 0 Å². The summed E-state index contributed by atoms with van der Waals surface area (Å²) in [6, 6.07) is 30.4. The van der Waals surface area contributed by atoms with Crippen LogP contribution in [0.1, 0.15) is 136 Å². The third kappa shape index (κ3) is 36.3. The number of carbonyl (C=O) groups is 3. The number of benzene rings is 4. The van der Waals surface area contributed by atoms with Crippen molar-refractivity contribution in [2.75, 3.05) is 52.0 Å². The number of hydrogen-bond donors (Lipinski definition) is 5. The summed E-state index contributed by atoms with van der Waals surface area (Å²) in [7, 11) is 0. The number of carbonyl (C=O) groups excluding carboxylic acids is 9. The van der Waals surface area contributed by atoms with Gasteiger partial charge in [-0.3, -0.25) is 14.4 Å². The van der Waals surface area contributed by atoms with Crippen LogP contribution in [0.4, 0.5) is 22.7 Å². The lowest BCUT2D eigenvalue weighted by Crippen LogP contribution is -2.03. The van der Waals surface area contributed by atoms with Crippen LogP contribution in [0.25, 0.3) is 0 Å². The number of Topliss-reactive ketones (excluding diaryl/α,β-unsaturated/α-hetero) is 3. The van der Waals surface area contributed by atoms with Crippen LogP contribution in [0.2, 0.25) is 0 Å². The highest BCUT2D eigenvalue weighted by Gasteiger charge is 2.09. The Balaban J connectivity index is -0.000000787. The molecule has 0 saturated heterocycles. The topological polar surface area (TPSA) is 236 Å². The van der Waals surface area contributed by atoms with Crippen molar-refractivity contribution in [3.8, 4) is 0 Å². The van der Waals surface area contributed by atoms with E-state index >= 15 is 0 Å². The van der Waals surface area contributed by atoms with Gasteiger partial charge in [-0.1, -0.05) is 92.5 Å². The van der Waals surface area contributed by atoms with Gasteiger partial charge in [0.2, 0.25) is 0 Å². The van der Waals surface area contributed by atoms with Gasteiger partial charge in [0.1, 0.15) is 0 Å². The normalized spacial score (nSPS) is 9.76. The molecule has 16 heteroatoms. The second kappa shape index (κ2) is 45.0. The van der Waals surface area contributed by atoms with Crippen molar-refractivity contribution in [3.05, 3.63) is 119 Å². The summed E-state index contributed by atoms with van der Waals surface area (Å²) in [5, 5.41) is 20.6. The molecule has 372 valence electrons. The number of nitrogens with one attached hydrogen (secondary N) is 3. The summed E-state index contributed by atoms with van der Waals surface area (Å²) in [5.41, 5.74) is 12.7. The predicted octanol–water partition coefficient (Wildman–Crippen LogP) is 11.3. The van der Waals surface area contributed by atoms with Gasteiger partial charge in [-0.25, -0.2) is 0 Å². The molecule has 0 bridgehead atoms. The van der Waals surface area contributed by atoms with E-state index < -0.39 is 0 Å². The van der Waals surface area contributed by atoms with Crippen LogP contribution >= 0.6 is 31.9 Å². The Hall–Kier alpha value is -5.85. The zero-order valence-electron chi connectivity index (χ0n) is 40.4. The van der Waals surface area contributed by atoms with E-state index in [0.29, 0.717) is 40.2 Å². The molecule has 0 aliphatic rings. The molecule has 0 heterocycles. The molecule has 0 aliphatic heterocycles. The van der Waals surface area contributed by atoms with Crippen molar-refractivity contribution in [1.82, 2.24) is 0 Å². The molecule has 0 radical (unpaired) electrons. The number of hydrogen-bond acceptors (Lipinski definition) is 14. The molecular weight excluding hydrogens is 1000 g/mol. The van der Waals surface area contributed by atoms with Gasteiger partial charge in [0.25, 0.3) is 0 Å². The first-order chi connectivity index (χ1) is 32.5. The highest BCUT2D eigenvalue weighted by Crippen LogP contribution is 2.22. The molecule has 6 N–H and O–H groups in total. The van der Waals surface area contributed by atoms with Gasteiger partial charge in [-0.15, -0.1) is 0 Å². The van der Waals surface area contributed by atoms with Gasteiger partial charge in [0, 0.05) is 65.5 Å². The molecule has 4 aromatic carbocycles. The highest BCUT2D eigenvalue weighted by molar-refractivity contribution is 9.09. The van der Waals surface area contributed by atoms with Crippen molar-refractivity contribution in [2.24, 2.45) is 11.8 Å². The van der Waals surface area contributed by atoms with Crippen molar-refractivity contribution in [2.45, 2.75) is 99.5 Å². The maximum atomic E-state index is 11.9. The van der Waals surface area contributed by atoms with Gasteiger partial charge in [-0.05, 0) is 141 Å². The molecule has 1 unspecified atom stereocenters. The fraction of sp³-hybridized carbons (Fsp3) is 0.423. The standard InChI is InChI=1S/C15H25NO.C15H23NO.C11H14BrNO.C8H8BrNO.3CO2/c2*1-4-11-16-14-8-6-13(7-9-14)15(17)10-5-12(2)3;1-2-7-13-10-5-3-9(4-6-10)11(14)8-12;9-5-8(11)6-1-3-7(10)4-2-6;3*2-1-3/h6-9,12,15-17H,4-5,10-11H2,1-3H3;6-9,12,16H,4-5,10-11H2,1-3H3;3-6,13H,2,7-8H2,1H3;1-4H,5,10H2;;;. The molecular formula is C52H70Br2N4O10. The molecule has 14 nitrogen and oxygen atoms in total. The molecule has 0 amide bonds. The Labute approximate surface area is 419 Å². The third-order valence-electron chi connectivity index (χ3n) is 8.89. The molecule has 4 rings (SSSR count). The highest BCUT2D eigenvalue weighted by atomic mass is 79.9. The van der Waals surface area contributed by atoms with E-state index in [1.807, 2.05) is 72.8 Å². The second-order valence-corrected chi connectivity index (χ2v) is 16.5. The van der Waals surface area contributed by atoms with Crippen LogP contribution < -0.4 is 21.7 Å². The van der Waals surface area contributed by atoms with Crippen molar-refractivity contribution >= 4 is 90.4 Å². The molecule has 0 spiro atoms. The molecule has 0 saturated carbocycles. The number of aliphatic hydroxyl groups is 1. The Kier molecular flexibility index (Phi) is 43.9. The second-order valence-electron chi connectivity index (χ2n) is 15.4. The number of nitrogens with two attached hydrogens (primary N) is 1. The number of rotatable bonds is 21. The van der Waals surface area contributed by atoms with E-state index in [-0.39, 0.29) is 41.9 Å². The molecule has 0 fully saturated rings. The van der Waals surface area contributed by atoms with Crippen LogP contribution in [0.3, 0.4) is 0 Å². The molecule has 68 heavy (non-hydrogen) atoms. The molecule has 1 atom stereocenters. The van der Waals surface area contributed by atoms with Gasteiger partial charge in [0.05, 0.1) is 16.8 Å². The quantitative estimate of drug-likeness (QED) is 0.0297. The van der Waals surface area contributed by atoms with Crippen molar-refractivity contribution in [3.63, 3.8) is 0 Å². The third-order valence-corrected chi connectivity index (χ3v) is 9.91. The van der Waals surface area contributed by atoms with E-state index in [4.69, 9.17) is 34.5 Å². The maximum Gasteiger partial charge on any atom is 0.373 e. The lowest BCUT2D eigenvalue weighted by atomic mass is 10.00.